The van der Waals surface area contributed by atoms with Gasteiger partial charge in [0, 0.05) is 38.7 Å². The number of rotatable bonds is 3. The molecule has 1 fully saturated rings. The van der Waals surface area contributed by atoms with Crippen molar-refractivity contribution in [3.05, 3.63) is 11.9 Å². The largest absolute Gasteiger partial charge is 0.373 e. The first kappa shape index (κ1) is 14.1. The van der Waals surface area contributed by atoms with Crippen molar-refractivity contribution < 1.29 is 0 Å². The topological polar surface area (TPSA) is 44.3 Å². The van der Waals surface area contributed by atoms with E-state index in [2.05, 4.69) is 47.1 Å². The molecule has 0 spiro atoms. The van der Waals surface area contributed by atoms with Crippen LogP contribution in [0.5, 0.6) is 0 Å². The lowest BCUT2D eigenvalue weighted by molar-refractivity contribution is 0.337. The summed E-state index contributed by atoms with van der Waals surface area (Å²) in [5, 5.41) is 3.13. The maximum atomic E-state index is 4.70. The van der Waals surface area contributed by atoms with Gasteiger partial charge in [0.05, 0.1) is 0 Å². The monoisotopic (exact) mass is 263 g/mol. The maximum absolute atomic E-state index is 4.70. The highest BCUT2D eigenvalue weighted by Crippen LogP contribution is 2.21. The Morgan fingerprint density at radius 3 is 2.84 bits per heavy atom. The minimum absolute atomic E-state index is 0.483. The summed E-state index contributed by atoms with van der Waals surface area (Å²) in [6.07, 6.45) is 2.05. The van der Waals surface area contributed by atoms with Gasteiger partial charge < -0.3 is 15.1 Å². The number of nitrogens with one attached hydrogen (secondary N) is 1. The minimum atomic E-state index is 0.483. The number of nitrogens with zero attached hydrogens (tertiary/aromatic N) is 4. The highest BCUT2D eigenvalue weighted by Gasteiger charge is 2.21. The van der Waals surface area contributed by atoms with Crippen LogP contribution in [0.1, 0.15) is 26.1 Å². The summed E-state index contributed by atoms with van der Waals surface area (Å²) in [5.74, 6) is 2.87. The molecular formula is C14H25N5. The second-order valence-electron chi connectivity index (χ2n) is 5.29. The van der Waals surface area contributed by atoms with E-state index in [1.807, 2.05) is 7.05 Å². The molecule has 2 rings (SSSR count). The second kappa shape index (κ2) is 6.19. The smallest absolute Gasteiger partial charge is 0.134 e. The molecule has 0 saturated carbocycles. The first-order valence-corrected chi connectivity index (χ1v) is 7.15. The average molecular weight is 263 g/mol. The van der Waals surface area contributed by atoms with E-state index in [9.17, 15) is 0 Å². The number of likely N-dealkylation sites (N-methyl/N-ethyl adjacent to an activating group) is 1. The fourth-order valence-corrected chi connectivity index (χ4v) is 2.63. The molecule has 0 aliphatic carbocycles. The molecule has 19 heavy (non-hydrogen) atoms. The van der Waals surface area contributed by atoms with Gasteiger partial charge in [-0.3, -0.25) is 0 Å². The molecule has 0 bridgehead atoms. The number of aromatic nitrogens is 2. The average Bonchev–Trinajstić information content (AvgIpc) is 2.58. The minimum Gasteiger partial charge on any atom is -0.373 e. The van der Waals surface area contributed by atoms with E-state index in [-0.39, 0.29) is 0 Å². The fraction of sp³-hybridized carbons (Fsp3) is 0.714. The van der Waals surface area contributed by atoms with Crippen molar-refractivity contribution in [2.24, 2.45) is 0 Å². The Kier molecular flexibility index (Phi) is 4.58. The standard InChI is InChI=1S/C14H25N5/c1-5-12-16-13(15-3)9-14(17-12)19-8-6-7-18(4)10-11(19)2/h9,11H,5-8,10H2,1-4H3,(H,15,16,17). The van der Waals surface area contributed by atoms with Crippen LogP contribution in [0, 0.1) is 0 Å². The van der Waals surface area contributed by atoms with Crippen LogP contribution in [0.25, 0.3) is 0 Å². The van der Waals surface area contributed by atoms with Crippen molar-refractivity contribution >= 4 is 11.6 Å². The Balaban J connectivity index is 2.28. The molecular weight excluding hydrogens is 238 g/mol. The van der Waals surface area contributed by atoms with E-state index in [4.69, 9.17) is 4.98 Å². The van der Waals surface area contributed by atoms with Gasteiger partial charge in [-0.1, -0.05) is 6.92 Å². The van der Waals surface area contributed by atoms with Gasteiger partial charge in [-0.05, 0) is 26.9 Å². The Hall–Kier alpha value is -1.36. The summed E-state index contributed by atoms with van der Waals surface area (Å²) >= 11 is 0. The molecule has 2 heterocycles. The lowest BCUT2D eigenvalue weighted by Crippen LogP contribution is -2.38. The lowest BCUT2D eigenvalue weighted by atomic mass is 10.2. The Morgan fingerprint density at radius 2 is 2.16 bits per heavy atom. The fourth-order valence-electron chi connectivity index (χ4n) is 2.63. The van der Waals surface area contributed by atoms with Crippen LogP contribution in [0.4, 0.5) is 11.6 Å². The third kappa shape index (κ3) is 3.35. The predicted molar refractivity (Wildman–Crippen MR) is 79.9 cm³/mol. The first-order valence-electron chi connectivity index (χ1n) is 7.15. The summed E-state index contributed by atoms with van der Waals surface area (Å²) in [7, 11) is 4.10. The molecule has 0 aromatic carbocycles. The van der Waals surface area contributed by atoms with Crippen molar-refractivity contribution in [1.82, 2.24) is 14.9 Å². The van der Waals surface area contributed by atoms with Gasteiger partial charge in [0.2, 0.25) is 0 Å². The Labute approximate surface area is 116 Å². The van der Waals surface area contributed by atoms with E-state index in [0.717, 1.165) is 43.5 Å². The van der Waals surface area contributed by atoms with Crippen LogP contribution in [0.3, 0.4) is 0 Å². The summed E-state index contributed by atoms with van der Waals surface area (Å²) in [6.45, 7) is 7.67. The van der Waals surface area contributed by atoms with E-state index in [1.54, 1.807) is 0 Å². The van der Waals surface area contributed by atoms with Crippen LogP contribution < -0.4 is 10.2 Å². The van der Waals surface area contributed by atoms with Crippen molar-refractivity contribution in [2.75, 3.05) is 43.9 Å². The van der Waals surface area contributed by atoms with Gasteiger partial charge in [-0.25, -0.2) is 9.97 Å². The summed E-state index contributed by atoms with van der Waals surface area (Å²) in [6, 6.07) is 2.54. The van der Waals surface area contributed by atoms with Crippen molar-refractivity contribution in [1.29, 1.82) is 0 Å². The lowest BCUT2D eigenvalue weighted by Gasteiger charge is -2.29. The van der Waals surface area contributed by atoms with Crippen LogP contribution in [0.2, 0.25) is 0 Å². The third-order valence-electron chi connectivity index (χ3n) is 3.67. The van der Waals surface area contributed by atoms with Crippen molar-refractivity contribution in [2.45, 2.75) is 32.7 Å². The molecule has 1 aromatic heterocycles. The van der Waals surface area contributed by atoms with Gasteiger partial charge in [-0.15, -0.1) is 0 Å². The molecule has 1 atom stereocenters. The molecule has 1 aromatic rings. The van der Waals surface area contributed by atoms with Gasteiger partial charge in [0.15, 0.2) is 0 Å². The molecule has 1 aliphatic rings. The van der Waals surface area contributed by atoms with E-state index < -0.39 is 0 Å². The molecule has 5 heteroatoms. The van der Waals surface area contributed by atoms with Gasteiger partial charge >= 0.3 is 0 Å². The highest BCUT2D eigenvalue weighted by molar-refractivity contribution is 5.50. The van der Waals surface area contributed by atoms with Crippen LogP contribution in [-0.2, 0) is 6.42 Å². The number of hydrogen-bond acceptors (Lipinski definition) is 5. The normalized spacial score (nSPS) is 21.3. The SMILES string of the molecule is CCc1nc(NC)cc(N2CCCN(C)CC2C)n1. The zero-order valence-electron chi connectivity index (χ0n) is 12.5. The van der Waals surface area contributed by atoms with Crippen molar-refractivity contribution in [3.8, 4) is 0 Å². The Bertz CT molecular complexity index is 398. The molecule has 1 unspecified atom stereocenters. The zero-order valence-corrected chi connectivity index (χ0v) is 12.5. The summed E-state index contributed by atoms with van der Waals surface area (Å²) in [5.41, 5.74) is 0. The second-order valence-corrected chi connectivity index (χ2v) is 5.29. The van der Waals surface area contributed by atoms with E-state index >= 15 is 0 Å². The molecule has 1 aliphatic heterocycles. The van der Waals surface area contributed by atoms with Gasteiger partial charge in [0.1, 0.15) is 17.5 Å². The highest BCUT2D eigenvalue weighted by atomic mass is 15.3. The molecule has 106 valence electrons. The molecule has 0 amide bonds. The quantitative estimate of drug-likeness (QED) is 0.897. The molecule has 0 radical (unpaired) electrons. The summed E-state index contributed by atoms with van der Waals surface area (Å²) < 4.78 is 0. The molecule has 5 nitrogen and oxygen atoms in total. The molecule has 1 N–H and O–H groups in total. The van der Waals surface area contributed by atoms with E-state index in [1.165, 1.54) is 6.42 Å². The number of aryl methyl sites for hydroxylation is 1. The van der Waals surface area contributed by atoms with Gasteiger partial charge in [0.25, 0.3) is 0 Å². The van der Waals surface area contributed by atoms with Crippen LogP contribution in [0.15, 0.2) is 6.07 Å². The first-order chi connectivity index (χ1) is 9.13. The predicted octanol–water partition coefficient (Wildman–Crippen LogP) is 1.61. The van der Waals surface area contributed by atoms with E-state index in [0.29, 0.717) is 6.04 Å². The maximum Gasteiger partial charge on any atom is 0.134 e. The zero-order chi connectivity index (χ0) is 13.8. The van der Waals surface area contributed by atoms with Crippen LogP contribution in [-0.4, -0.2) is 54.6 Å². The molecule has 1 saturated heterocycles. The van der Waals surface area contributed by atoms with Crippen molar-refractivity contribution in [3.63, 3.8) is 0 Å². The third-order valence-corrected chi connectivity index (χ3v) is 3.67. The van der Waals surface area contributed by atoms with Gasteiger partial charge in [-0.2, -0.15) is 0 Å². The number of hydrogen-bond donors (Lipinski definition) is 1. The van der Waals surface area contributed by atoms with Crippen LogP contribution >= 0.6 is 0 Å². The number of anilines is 2. The summed E-state index contributed by atoms with van der Waals surface area (Å²) in [4.78, 5) is 14.0. The Morgan fingerprint density at radius 1 is 1.37 bits per heavy atom.